The minimum Gasteiger partial charge on any atom is -0.496 e. The van der Waals surface area contributed by atoms with Crippen LogP contribution in [0.5, 0.6) is 23.1 Å². The number of hydrogen-bond donors (Lipinski definition) is 0. The zero-order valence-electron chi connectivity index (χ0n) is 11.8. The van der Waals surface area contributed by atoms with Crippen LogP contribution in [0.2, 0.25) is 0 Å². The molecule has 0 unspecified atom stereocenters. The molecule has 1 aromatic heterocycles. The maximum Gasteiger partial charge on any atom is 0.305 e. The summed E-state index contributed by atoms with van der Waals surface area (Å²) in [5, 5.41) is 19.7. The third kappa shape index (κ3) is 3.21. The quantitative estimate of drug-likeness (QED) is 0.617. The van der Waals surface area contributed by atoms with Crippen LogP contribution in [0.15, 0.2) is 30.3 Å². The van der Waals surface area contributed by atoms with Crippen molar-refractivity contribution in [3.63, 3.8) is 0 Å². The van der Waals surface area contributed by atoms with Crippen molar-refractivity contribution in [2.45, 2.75) is 0 Å². The highest BCUT2D eigenvalue weighted by Crippen LogP contribution is 2.31. The second-order valence-electron chi connectivity index (χ2n) is 4.04. The van der Waals surface area contributed by atoms with Gasteiger partial charge in [-0.15, -0.1) is 0 Å². The zero-order chi connectivity index (χ0) is 16.1. The number of hydrogen-bond acceptors (Lipinski definition) is 7. The van der Waals surface area contributed by atoms with Crippen LogP contribution in [-0.4, -0.2) is 24.1 Å². The molecule has 1 aromatic carbocycles. The Labute approximate surface area is 125 Å². The van der Waals surface area contributed by atoms with Gasteiger partial charge in [0.2, 0.25) is 11.6 Å². The molecule has 0 bridgehead atoms. The molecule has 112 valence electrons. The summed E-state index contributed by atoms with van der Waals surface area (Å²) in [5.41, 5.74) is -0.699. The Morgan fingerprint density at radius 3 is 2.23 bits per heavy atom. The van der Waals surface area contributed by atoms with Gasteiger partial charge in [0.1, 0.15) is 23.3 Å². The summed E-state index contributed by atoms with van der Waals surface area (Å²) in [6.45, 7) is 0. The average Bonchev–Trinajstić information content (AvgIpc) is 2.53. The summed E-state index contributed by atoms with van der Waals surface area (Å²) < 4.78 is 15.7. The molecule has 0 radical (unpaired) electrons. The fourth-order valence-electron chi connectivity index (χ4n) is 1.68. The highest BCUT2D eigenvalue weighted by Gasteiger charge is 2.16. The van der Waals surface area contributed by atoms with E-state index >= 15 is 0 Å². The van der Waals surface area contributed by atoms with E-state index in [0.717, 1.165) is 6.07 Å². The third-order valence-corrected chi connectivity index (χ3v) is 2.70. The predicted molar refractivity (Wildman–Crippen MR) is 75.2 cm³/mol. The van der Waals surface area contributed by atoms with E-state index in [1.54, 1.807) is 24.3 Å². The first-order chi connectivity index (χ1) is 10.6. The lowest BCUT2D eigenvalue weighted by Gasteiger charge is -2.09. The fourth-order valence-corrected chi connectivity index (χ4v) is 1.68. The van der Waals surface area contributed by atoms with Crippen LogP contribution in [0.1, 0.15) is 5.69 Å². The third-order valence-electron chi connectivity index (χ3n) is 2.70. The fraction of sp³-hybridized carbons (Fsp3) is 0.143. The number of methoxy groups -OCH3 is 2. The van der Waals surface area contributed by atoms with Crippen molar-refractivity contribution in [1.82, 2.24) is 4.98 Å². The molecule has 2 rings (SSSR count). The van der Waals surface area contributed by atoms with Gasteiger partial charge in [0.15, 0.2) is 0 Å². The largest absolute Gasteiger partial charge is 0.496 e. The smallest absolute Gasteiger partial charge is 0.305 e. The predicted octanol–water partition coefficient (Wildman–Crippen LogP) is 2.67. The van der Waals surface area contributed by atoms with E-state index in [1.165, 1.54) is 20.3 Å². The molecular weight excluding hydrogens is 290 g/mol. The Hall–Kier alpha value is -3.34. The van der Waals surface area contributed by atoms with Crippen LogP contribution in [0, 0.1) is 21.4 Å². The summed E-state index contributed by atoms with van der Waals surface area (Å²) in [6.07, 6.45) is 0. The number of nitro groups is 1. The molecule has 1 heterocycles. The van der Waals surface area contributed by atoms with Gasteiger partial charge in [-0.25, -0.2) is 0 Å². The van der Waals surface area contributed by atoms with Crippen LogP contribution in [0.3, 0.4) is 0 Å². The van der Waals surface area contributed by atoms with E-state index in [1.807, 2.05) is 0 Å². The van der Waals surface area contributed by atoms with E-state index in [2.05, 4.69) is 4.98 Å². The van der Waals surface area contributed by atoms with Crippen LogP contribution in [0.25, 0.3) is 0 Å². The number of benzene rings is 1. The number of nitrogens with zero attached hydrogens (tertiary/aromatic N) is 3. The van der Waals surface area contributed by atoms with Crippen molar-refractivity contribution in [3.05, 3.63) is 46.1 Å². The number of nitriles is 1. The summed E-state index contributed by atoms with van der Waals surface area (Å²) in [5.74, 6) is 1.44. The van der Waals surface area contributed by atoms with E-state index in [-0.39, 0.29) is 17.3 Å². The molecule has 0 saturated carbocycles. The molecule has 0 atom stereocenters. The molecule has 0 aliphatic carbocycles. The lowest BCUT2D eigenvalue weighted by molar-refractivity contribution is -0.385. The maximum atomic E-state index is 10.8. The van der Waals surface area contributed by atoms with E-state index in [9.17, 15) is 10.1 Å². The van der Waals surface area contributed by atoms with Gasteiger partial charge < -0.3 is 14.2 Å². The lowest BCUT2D eigenvalue weighted by atomic mass is 10.3. The first-order valence-electron chi connectivity index (χ1n) is 6.04. The Bertz CT molecular complexity index is 732. The summed E-state index contributed by atoms with van der Waals surface area (Å²) in [7, 11) is 2.99. The highest BCUT2D eigenvalue weighted by molar-refractivity contribution is 5.47. The first-order valence-corrected chi connectivity index (χ1v) is 6.04. The number of pyridine rings is 1. The van der Waals surface area contributed by atoms with Crippen LogP contribution in [0.4, 0.5) is 5.69 Å². The molecular formula is C14H11N3O5. The van der Waals surface area contributed by atoms with Crippen LogP contribution in [-0.2, 0) is 0 Å². The van der Waals surface area contributed by atoms with E-state index in [0.29, 0.717) is 17.2 Å². The molecule has 2 aromatic rings. The normalized spacial score (nSPS) is 9.68. The van der Waals surface area contributed by atoms with Crippen LogP contribution >= 0.6 is 0 Å². The van der Waals surface area contributed by atoms with Gasteiger partial charge in [0, 0.05) is 30.3 Å². The lowest BCUT2D eigenvalue weighted by Crippen LogP contribution is -1.97. The minimum atomic E-state index is -0.677. The maximum absolute atomic E-state index is 10.8. The van der Waals surface area contributed by atoms with Crippen molar-refractivity contribution in [2.24, 2.45) is 0 Å². The molecule has 0 N–H and O–H groups in total. The Morgan fingerprint density at radius 2 is 1.73 bits per heavy atom. The van der Waals surface area contributed by atoms with Crippen molar-refractivity contribution < 1.29 is 19.1 Å². The number of aromatic nitrogens is 1. The van der Waals surface area contributed by atoms with Gasteiger partial charge in [-0.2, -0.15) is 10.2 Å². The molecule has 8 nitrogen and oxygen atoms in total. The molecule has 0 aliphatic heterocycles. The first kappa shape index (κ1) is 15.1. The van der Waals surface area contributed by atoms with Crippen molar-refractivity contribution in [2.75, 3.05) is 14.2 Å². The SMILES string of the molecule is COc1cc(OC)cc(Oc2ccc([N+](=O)[O-])c(C#N)n2)c1. The summed E-state index contributed by atoms with van der Waals surface area (Å²) in [4.78, 5) is 13.9. The van der Waals surface area contributed by atoms with Crippen molar-refractivity contribution >= 4 is 5.69 Å². The van der Waals surface area contributed by atoms with Gasteiger partial charge in [-0.1, -0.05) is 0 Å². The zero-order valence-corrected chi connectivity index (χ0v) is 11.8. The number of ether oxygens (including phenoxy) is 3. The summed E-state index contributed by atoms with van der Waals surface area (Å²) >= 11 is 0. The monoisotopic (exact) mass is 301 g/mol. The van der Waals surface area contributed by atoms with Gasteiger partial charge in [0.25, 0.3) is 0 Å². The Kier molecular flexibility index (Phi) is 4.38. The molecule has 0 saturated heterocycles. The molecule has 8 heteroatoms. The Balaban J connectivity index is 2.35. The van der Waals surface area contributed by atoms with Gasteiger partial charge >= 0.3 is 5.69 Å². The van der Waals surface area contributed by atoms with E-state index < -0.39 is 4.92 Å². The van der Waals surface area contributed by atoms with Crippen molar-refractivity contribution in [1.29, 1.82) is 5.26 Å². The number of rotatable bonds is 5. The van der Waals surface area contributed by atoms with Gasteiger partial charge in [-0.05, 0) is 0 Å². The molecule has 0 fully saturated rings. The van der Waals surface area contributed by atoms with E-state index in [4.69, 9.17) is 19.5 Å². The van der Waals surface area contributed by atoms with Gasteiger partial charge in [0.05, 0.1) is 19.1 Å². The molecule has 22 heavy (non-hydrogen) atoms. The van der Waals surface area contributed by atoms with Crippen LogP contribution < -0.4 is 14.2 Å². The van der Waals surface area contributed by atoms with Gasteiger partial charge in [-0.3, -0.25) is 10.1 Å². The highest BCUT2D eigenvalue weighted by atomic mass is 16.6. The standard InChI is InChI=1S/C14H11N3O5/c1-20-9-5-10(21-2)7-11(6-9)22-14-4-3-13(17(18)19)12(8-15)16-14/h3-7H,1-2H3. The molecule has 0 aliphatic rings. The second-order valence-corrected chi connectivity index (χ2v) is 4.04. The van der Waals surface area contributed by atoms with Crippen molar-refractivity contribution in [3.8, 4) is 29.2 Å². The minimum absolute atomic E-state index is 0.0532. The molecule has 0 spiro atoms. The average molecular weight is 301 g/mol. The summed E-state index contributed by atoms with van der Waals surface area (Å²) in [6, 6.07) is 8.99. The molecule has 0 amide bonds. The topological polar surface area (TPSA) is 108 Å². The second kappa shape index (κ2) is 6.41. The Morgan fingerprint density at radius 1 is 1.14 bits per heavy atom.